The van der Waals surface area contributed by atoms with E-state index in [1.54, 1.807) is 13.2 Å². The molecule has 0 saturated heterocycles. The molecule has 1 aromatic rings. The van der Waals surface area contributed by atoms with Crippen molar-refractivity contribution in [3.05, 3.63) is 16.4 Å². The third kappa shape index (κ3) is 4.89. The Labute approximate surface area is 121 Å². The predicted molar refractivity (Wildman–Crippen MR) is 77.5 cm³/mol. The lowest BCUT2D eigenvalue weighted by Crippen LogP contribution is -2.31. The van der Waals surface area contributed by atoms with Crippen molar-refractivity contribution in [1.82, 2.24) is 10.2 Å². The number of aromatic nitrogens is 2. The second-order valence-electron chi connectivity index (χ2n) is 3.54. The van der Waals surface area contributed by atoms with Crippen LogP contribution in [0.15, 0.2) is 6.07 Å². The summed E-state index contributed by atoms with van der Waals surface area (Å²) < 4.78 is 5.05. The van der Waals surface area contributed by atoms with Gasteiger partial charge in [0, 0.05) is 32.7 Å². The first kappa shape index (κ1) is 15.4. The highest BCUT2D eigenvalue weighted by atomic mass is 35.5. The maximum atomic E-state index is 6.01. The van der Waals surface area contributed by atoms with Crippen LogP contribution in [-0.4, -0.2) is 42.0 Å². The molecule has 0 aromatic carbocycles. The van der Waals surface area contributed by atoms with E-state index >= 15 is 0 Å². The van der Waals surface area contributed by atoms with E-state index in [-0.39, 0.29) is 5.15 Å². The molecule has 100 valence electrons. The number of hydrogen-bond acceptors (Lipinski definition) is 5. The summed E-state index contributed by atoms with van der Waals surface area (Å²) in [6.07, 6.45) is 0.579. The van der Waals surface area contributed by atoms with Gasteiger partial charge in [-0.15, -0.1) is 10.2 Å². The van der Waals surface area contributed by atoms with Gasteiger partial charge in [-0.1, -0.05) is 35.4 Å². The van der Waals surface area contributed by atoms with Gasteiger partial charge in [0.1, 0.15) is 0 Å². The maximum absolute atomic E-state index is 6.01. The molecule has 0 spiro atoms. The van der Waals surface area contributed by atoms with Crippen LogP contribution in [0, 0.1) is 0 Å². The summed E-state index contributed by atoms with van der Waals surface area (Å²) in [7, 11) is 1.63. The van der Waals surface area contributed by atoms with Gasteiger partial charge < -0.3 is 15.4 Å². The molecular weight excluding hydrogens is 295 g/mol. The summed E-state index contributed by atoms with van der Waals surface area (Å²) in [6.45, 7) is 1.81. The molecule has 2 N–H and O–H groups in total. The largest absolute Gasteiger partial charge is 0.393 e. The molecule has 0 atom stereocenters. The molecule has 0 aliphatic rings. The lowest BCUT2D eigenvalue weighted by Gasteiger charge is -2.24. The monoisotopic (exact) mass is 308 g/mol. The van der Waals surface area contributed by atoms with Crippen molar-refractivity contribution in [3.63, 3.8) is 0 Å². The van der Waals surface area contributed by atoms with Crippen LogP contribution in [0.3, 0.4) is 0 Å². The molecular formula is C10H14Cl2N4OS. The fourth-order valence-electron chi connectivity index (χ4n) is 1.37. The van der Waals surface area contributed by atoms with Crippen molar-refractivity contribution < 1.29 is 4.74 Å². The van der Waals surface area contributed by atoms with Gasteiger partial charge in [-0.25, -0.2) is 0 Å². The molecule has 0 aliphatic carbocycles. The number of anilines is 1. The third-order valence-electron chi connectivity index (χ3n) is 2.23. The lowest BCUT2D eigenvalue weighted by atomic mass is 10.3. The average Bonchev–Trinajstić information content (AvgIpc) is 2.32. The van der Waals surface area contributed by atoms with Crippen molar-refractivity contribution >= 4 is 46.1 Å². The molecule has 1 aromatic heterocycles. The smallest absolute Gasteiger partial charge is 0.175 e. The number of hydrogen-bond donors (Lipinski definition) is 1. The Kier molecular flexibility index (Phi) is 6.56. The van der Waals surface area contributed by atoms with E-state index in [9.17, 15) is 0 Å². The molecule has 1 rings (SSSR count). The van der Waals surface area contributed by atoms with Gasteiger partial charge in [-0.3, -0.25) is 0 Å². The summed E-state index contributed by atoms with van der Waals surface area (Å²) >= 11 is 16.7. The van der Waals surface area contributed by atoms with Crippen molar-refractivity contribution in [1.29, 1.82) is 0 Å². The van der Waals surface area contributed by atoms with Crippen LogP contribution >= 0.6 is 35.4 Å². The first-order valence-corrected chi connectivity index (χ1v) is 6.42. The Morgan fingerprint density at radius 2 is 2.17 bits per heavy atom. The van der Waals surface area contributed by atoms with Crippen LogP contribution in [0.2, 0.25) is 10.3 Å². The quantitative estimate of drug-likeness (QED) is 0.776. The number of methoxy groups -OCH3 is 1. The maximum Gasteiger partial charge on any atom is 0.175 e. The van der Waals surface area contributed by atoms with Crippen LogP contribution in [0.4, 0.5) is 5.69 Å². The first-order chi connectivity index (χ1) is 8.54. The molecule has 0 unspecified atom stereocenters. The van der Waals surface area contributed by atoms with E-state index in [2.05, 4.69) is 10.2 Å². The molecule has 8 heteroatoms. The minimum Gasteiger partial charge on any atom is -0.393 e. The summed E-state index contributed by atoms with van der Waals surface area (Å²) in [6, 6.07) is 1.66. The van der Waals surface area contributed by atoms with Crippen molar-refractivity contribution in [3.8, 4) is 0 Å². The van der Waals surface area contributed by atoms with Crippen LogP contribution in [0.25, 0.3) is 0 Å². The number of rotatable bonds is 7. The zero-order chi connectivity index (χ0) is 13.5. The van der Waals surface area contributed by atoms with Crippen LogP contribution in [-0.2, 0) is 4.74 Å². The number of halogens is 2. The molecule has 18 heavy (non-hydrogen) atoms. The minimum absolute atomic E-state index is 0.284. The normalized spacial score (nSPS) is 10.4. The summed E-state index contributed by atoms with van der Waals surface area (Å²) in [5, 5.41) is 8.02. The molecule has 0 radical (unpaired) electrons. The van der Waals surface area contributed by atoms with Gasteiger partial charge in [0.15, 0.2) is 10.3 Å². The Hall–Kier alpha value is -0.690. The second kappa shape index (κ2) is 7.68. The molecule has 0 fully saturated rings. The number of thiocarbonyl (C=S) groups is 1. The fourth-order valence-corrected chi connectivity index (χ4v) is 1.81. The van der Waals surface area contributed by atoms with E-state index in [0.29, 0.717) is 41.9 Å². The SMILES string of the molecule is COCCN(CCC(N)=S)c1cc(Cl)nnc1Cl. The fraction of sp³-hybridized carbons (Fsp3) is 0.500. The van der Waals surface area contributed by atoms with Crippen molar-refractivity contribution in [2.24, 2.45) is 5.73 Å². The predicted octanol–water partition coefficient (Wildman–Crippen LogP) is 1.91. The van der Waals surface area contributed by atoms with Crippen molar-refractivity contribution in [2.75, 3.05) is 31.7 Å². The molecule has 0 aliphatic heterocycles. The number of nitrogens with two attached hydrogens (primary N) is 1. The van der Waals surface area contributed by atoms with E-state index in [1.807, 2.05) is 4.90 Å². The Morgan fingerprint density at radius 3 is 2.78 bits per heavy atom. The van der Waals surface area contributed by atoms with Gasteiger partial charge in [0.25, 0.3) is 0 Å². The zero-order valence-electron chi connectivity index (χ0n) is 9.90. The standard InChI is InChI=1S/C10H14Cl2N4OS/c1-17-5-4-16(3-2-9(13)18)7-6-8(11)14-15-10(7)12/h6H,2-5H2,1H3,(H2,13,18). The van der Waals surface area contributed by atoms with Gasteiger partial charge in [0.2, 0.25) is 0 Å². The second-order valence-corrected chi connectivity index (χ2v) is 4.81. The minimum atomic E-state index is 0.284. The molecule has 1 heterocycles. The highest BCUT2D eigenvalue weighted by Gasteiger charge is 2.13. The van der Waals surface area contributed by atoms with Gasteiger partial charge in [0.05, 0.1) is 17.3 Å². The molecule has 0 bridgehead atoms. The molecule has 5 nitrogen and oxygen atoms in total. The van der Waals surface area contributed by atoms with E-state index in [4.69, 9.17) is 45.9 Å². The average molecular weight is 309 g/mol. The first-order valence-electron chi connectivity index (χ1n) is 5.25. The Morgan fingerprint density at radius 1 is 1.44 bits per heavy atom. The third-order valence-corrected chi connectivity index (χ3v) is 2.89. The summed E-state index contributed by atoms with van der Waals surface area (Å²) in [5.74, 6) is 0. The zero-order valence-corrected chi connectivity index (χ0v) is 12.2. The van der Waals surface area contributed by atoms with Crippen LogP contribution in [0.5, 0.6) is 0 Å². The van der Waals surface area contributed by atoms with E-state index in [0.717, 1.165) is 0 Å². The number of nitrogens with zero attached hydrogens (tertiary/aromatic N) is 3. The van der Waals surface area contributed by atoms with Crippen LogP contribution < -0.4 is 10.6 Å². The van der Waals surface area contributed by atoms with Crippen molar-refractivity contribution in [2.45, 2.75) is 6.42 Å². The molecule has 0 amide bonds. The summed E-state index contributed by atoms with van der Waals surface area (Å²) in [4.78, 5) is 2.41. The van der Waals surface area contributed by atoms with E-state index < -0.39 is 0 Å². The Bertz CT molecular complexity index is 419. The summed E-state index contributed by atoms with van der Waals surface area (Å²) in [5.41, 5.74) is 6.20. The lowest BCUT2D eigenvalue weighted by molar-refractivity contribution is 0.205. The topological polar surface area (TPSA) is 64.3 Å². The highest BCUT2D eigenvalue weighted by molar-refractivity contribution is 7.80. The Balaban J connectivity index is 2.85. The molecule has 0 saturated carbocycles. The number of ether oxygens (including phenoxy) is 1. The van der Waals surface area contributed by atoms with Gasteiger partial charge in [-0.05, 0) is 0 Å². The van der Waals surface area contributed by atoms with E-state index in [1.165, 1.54) is 0 Å². The van der Waals surface area contributed by atoms with Crippen LogP contribution in [0.1, 0.15) is 6.42 Å². The highest BCUT2D eigenvalue weighted by Crippen LogP contribution is 2.25. The van der Waals surface area contributed by atoms with Gasteiger partial charge >= 0.3 is 0 Å². The van der Waals surface area contributed by atoms with Gasteiger partial charge in [-0.2, -0.15) is 0 Å².